The van der Waals surface area contributed by atoms with Crippen molar-refractivity contribution in [2.24, 2.45) is 5.92 Å². The average Bonchev–Trinajstić information content (AvgIpc) is 2.87. The number of H-pyrrole nitrogens is 1. The van der Waals surface area contributed by atoms with Crippen LogP contribution in [0.2, 0.25) is 5.02 Å². The number of aromatic nitrogens is 2. The lowest BCUT2D eigenvalue weighted by Gasteiger charge is -2.15. The smallest absolute Gasteiger partial charge is 0.178 e. The molecular weight excluding hydrogens is 268 g/mol. The molecule has 1 N–H and O–H groups in total. The summed E-state index contributed by atoms with van der Waals surface area (Å²) in [7, 11) is 0. The van der Waals surface area contributed by atoms with Gasteiger partial charge in [-0.2, -0.15) is 0 Å². The van der Waals surface area contributed by atoms with E-state index in [9.17, 15) is 0 Å². The van der Waals surface area contributed by atoms with Crippen molar-refractivity contribution in [2.45, 2.75) is 26.0 Å². The number of hydrogen-bond acceptors (Lipinski definition) is 2. The number of para-hydroxylation sites is 1. The van der Waals surface area contributed by atoms with Crippen LogP contribution in [0.25, 0.3) is 11.0 Å². The maximum atomic E-state index is 6.17. The zero-order valence-electron chi connectivity index (χ0n) is 10.1. The number of nitrogens with one attached hydrogen (secondary N) is 1. The van der Waals surface area contributed by atoms with Gasteiger partial charge in [0.05, 0.1) is 22.2 Å². The van der Waals surface area contributed by atoms with Gasteiger partial charge >= 0.3 is 0 Å². The molecule has 1 aliphatic heterocycles. The number of aromatic amines is 1. The van der Waals surface area contributed by atoms with Crippen LogP contribution in [0, 0.1) is 10.7 Å². The highest BCUT2D eigenvalue weighted by atomic mass is 35.5. The summed E-state index contributed by atoms with van der Waals surface area (Å²) in [4.78, 5) is 3.19. The minimum atomic E-state index is 0.302. The van der Waals surface area contributed by atoms with Crippen LogP contribution < -0.4 is 0 Å². The molecule has 0 saturated carbocycles. The molecule has 2 unspecified atom stereocenters. The van der Waals surface area contributed by atoms with E-state index >= 15 is 0 Å². The Bertz CT molecular complexity index is 633. The van der Waals surface area contributed by atoms with Crippen LogP contribution in [0.4, 0.5) is 0 Å². The van der Waals surface area contributed by atoms with Crippen molar-refractivity contribution in [3.8, 4) is 0 Å². The quantitative estimate of drug-likeness (QED) is 0.850. The topological polar surface area (TPSA) is 29.9 Å². The number of rotatable bonds is 2. The lowest BCUT2D eigenvalue weighted by Crippen LogP contribution is -2.17. The van der Waals surface area contributed by atoms with Crippen molar-refractivity contribution in [1.82, 2.24) is 9.55 Å². The molecule has 2 atom stereocenters. The van der Waals surface area contributed by atoms with Gasteiger partial charge in [0.1, 0.15) is 0 Å². The fourth-order valence-electron chi connectivity index (χ4n) is 2.58. The van der Waals surface area contributed by atoms with E-state index in [4.69, 9.17) is 28.6 Å². The Kier molecular flexibility index (Phi) is 3.18. The largest absolute Gasteiger partial charge is 0.378 e. The Balaban J connectivity index is 2.04. The normalized spacial score (nSPS) is 23.9. The Hall–Kier alpha value is -0.840. The highest BCUT2D eigenvalue weighted by Crippen LogP contribution is 2.27. The third-order valence-electron chi connectivity index (χ3n) is 3.71. The van der Waals surface area contributed by atoms with Crippen molar-refractivity contribution < 1.29 is 4.74 Å². The van der Waals surface area contributed by atoms with Gasteiger partial charge in [0.15, 0.2) is 4.77 Å². The van der Waals surface area contributed by atoms with Gasteiger partial charge in [0.2, 0.25) is 0 Å². The number of benzene rings is 1. The summed E-state index contributed by atoms with van der Waals surface area (Å²) in [5.41, 5.74) is 2.00. The van der Waals surface area contributed by atoms with E-state index in [0.717, 1.165) is 35.4 Å². The van der Waals surface area contributed by atoms with Gasteiger partial charge in [-0.15, -0.1) is 0 Å². The zero-order valence-corrected chi connectivity index (χ0v) is 11.7. The molecule has 1 aromatic carbocycles. The predicted molar refractivity (Wildman–Crippen MR) is 75.7 cm³/mol. The number of ether oxygens (including phenoxy) is 1. The van der Waals surface area contributed by atoms with E-state index in [-0.39, 0.29) is 0 Å². The molecule has 18 heavy (non-hydrogen) atoms. The second-order valence-electron chi connectivity index (χ2n) is 4.80. The molecule has 0 aliphatic carbocycles. The summed E-state index contributed by atoms with van der Waals surface area (Å²) in [6, 6.07) is 5.88. The fourth-order valence-corrected chi connectivity index (χ4v) is 3.07. The number of halogens is 1. The predicted octanol–water partition coefficient (Wildman–Crippen LogP) is 3.78. The Labute approximate surface area is 116 Å². The Morgan fingerprint density at radius 3 is 3.11 bits per heavy atom. The molecule has 3 nitrogen and oxygen atoms in total. The summed E-state index contributed by atoms with van der Waals surface area (Å²) < 4.78 is 8.47. The maximum Gasteiger partial charge on any atom is 0.178 e. The molecule has 96 valence electrons. The monoisotopic (exact) mass is 282 g/mol. The van der Waals surface area contributed by atoms with Crippen LogP contribution in [0.15, 0.2) is 18.2 Å². The highest BCUT2D eigenvalue weighted by molar-refractivity contribution is 7.71. The third kappa shape index (κ3) is 1.98. The number of hydrogen-bond donors (Lipinski definition) is 1. The fraction of sp³-hybridized carbons (Fsp3) is 0.462. The van der Waals surface area contributed by atoms with Gasteiger partial charge in [0.25, 0.3) is 0 Å². The van der Waals surface area contributed by atoms with Crippen LogP contribution >= 0.6 is 23.8 Å². The van der Waals surface area contributed by atoms with Crippen molar-refractivity contribution in [3.63, 3.8) is 0 Å². The number of imidazole rings is 1. The molecule has 0 bridgehead atoms. The number of nitrogens with zero attached hydrogens (tertiary/aromatic N) is 1. The number of fused-ring (bicyclic) bond motifs is 1. The Morgan fingerprint density at radius 2 is 2.39 bits per heavy atom. The molecule has 1 aliphatic rings. The Morgan fingerprint density at radius 1 is 1.56 bits per heavy atom. The van der Waals surface area contributed by atoms with Crippen molar-refractivity contribution in [3.05, 3.63) is 28.0 Å². The van der Waals surface area contributed by atoms with Crippen molar-refractivity contribution >= 4 is 34.9 Å². The molecule has 0 radical (unpaired) electrons. The SMILES string of the molecule is CC1OCCC1Cn1c(=S)[nH]c2c(Cl)cccc21. The summed E-state index contributed by atoms with van der Waals surface area (Å²) in [5.74, 6) is 0.523. The van der Waals surface area contributed by atoms with Crippen LogP contribution in [0.5, 0.6) is 0 Å². The summed E-state index contributed by atoms with van der Waals surface area (Å²) in [6.07, 6.45) is 1.40. The molecule has 5 heteroatoms. The molecular formula is C13H15ClN2OS. The van der Waals surface area contributed by atoms with Gasteiger partial charge in [-0.25, -0.2) is 0 Å². The summed E-state index contributed by atoms with van der Waals surface area (Å²) >= 11 is 11.6. The van der Waals surface area contributed by atoms with Crippen molar-refractivity contribution in [1.29, 1.82) is 0 Å². The maximum absolute atomic E-state index is 6.17. The van der Waals surface area contributed by atoms with Gasteiger partial charge in [-0.05, 0) is 37.7 Å². The third-order valence-corrected chi connectivity index (χ3v) is 4.35. The van der Waals surface area contributed by atoms with E-state index in [1.807, 2.05) is 18.2 Å². The molecule has 0 spiro atoms. The first kappa shape index (κ1) is 12.2. The van der Waals surface area contributed by atoms with Crippen LogP contribution in [-0.2, 0) is 11.3 Å². The molecule has 1 fully saturated rings. The lowest BCUT2D eigenvalue weighted by molar-refractivity contribution is 0.102. The van der Waals surface area contributed by atoms with Crippen LogP contribution in [0.1, 0.15) is 13.3 Å². The minimum Gasteiger partial charge on any atom is -0.378 e. The van der Waals surface area contributed by atoms with E-state index in [1.165, 1.54) is 0 Å². The van der Waals surface area contributed by atoms with Gasteiger partial charge < -0.3 is 14.3 Å². The van der Waals surface area contributed by atoms with E-state index in [0.29, 0.717) is 17.0 Å². The molecule has 1 aromatic heterocycles. The molecule has 0 amide bonds. The zero-order chi connectivity index (χ0) is 12.7. The minimum absolute atomic E-state index is 0.302. The van der Waals surface area contributed by atoms with E-state index < -0.39 is 0 Å². The van der Waals surface area contributed by atoms with Crippen molar-refractivity contribution in [2.75, 3.05) is 6.61 Å². The van der Waals surface area contributed by atoms with Gasteiger partial charge in [0, 0.05) is 19.1 Å². The van der Waals surface area contributed by atoms with Gasteiger partial charge in [-0.3, -0.25) is 0 Å². The first-order valence-corrected chi connectivity index (χ1v) is 6.94. The summed E-state index contributed by atoms with van der Waals surface area (Å²) in [6.45, 7) is 3.87. The second kappa shape index (κ2) is 4.68. The average molecular weight is 283 g/mol. The lowest BCUT2D eigenvalue weighted by atomic mass is 10.0. The first-order valence-electron chi connectivity index (χ1n) is 6.15. The molecule has 1 saturated heterocycles. The van der Waals surface area contributed by atoms with Crippen LogP contribution in [0.3, 0.4) is 0 Å². The molecule has 2 aromatic rings. The second-order valence-corrected chi connectivity index (χ2v) is 5.59. The first-order chi connectivity index (χ1) is 8.66. The van der Waals surface area contributed by atoms with E-state index in [2.05, 4.69) is 16.5 Å². The molecule has 3 rings (SSSR count). The molecule has 2 heterocycles. The van der Waals surface area contributed by atoms with Gasteiger partial charge in [-0.1, -0.05) is 17.7 Å². The standard InChI is InChI=1S/C13H15ClN2OS/c1-8-9(5-6-17-8)7-16-11-4-2-3-10(14)12(11)15-13(16)18/h2-4,8-9H,5-7H2,1H3,(H,15,18). The summed E-state index contributed by atoms with van der Waals surface area (Å²) in [5, 5.41) is 0.716. The van der Waals surface area contributed by atoms with Crippen LogP contribution in [-0.4, -0.2) is 22.3 Å². The van der Waals surface area contributed by atoms with E-state index in [1.54, 1.807) is 0 Å². The highest BCUT2D eigenvalue weighted by Gasteiger charge is 2.25.